The van der Waals surface area contributed by atoms with Gasteiger partial charge in [-0.3, -0.25) is 4.79 Å². The van der Waals surface area contributed by atoms with Crippen molar-refractivity contribution in [3.8, 4) is 5.75 Å². The minimum atomic E-state index is -0.316. The van der Waals surface area contributed by atoms with Crippen molar-refractivity contribution in [1.82, 2.24) is 9.97 Å². The highest BCUT2D eigenvalue weighted by Crippen LogP contribution is 2.23. The Bertz CT molecular complexity index is 939. The zero-order valence-corrected chi connectivity index (χ0v) is 15.6. The summed E-state index contributed by atoms with van der Waals surface area (Å²) >= 11 is 0. The molecule has 1 heterocycles. The first-order valence-electron chi connectivity index (χ1n) is 8.64. The molecule has 1 amide bonds. The van der Waals surface area contributed by atoms with Gasteiger partial charge in [-0.05, 0) is 37.6 Å². The molecule has 0 unspecified atom stereocenters. The lowest BCUT2D eigenvalue weighted by Crippen LogP contribution is -2.16. The Morgan fingerprint density at radius 3 is 2.52 bits per heavy atom. The molecule has 6 heteroatoms. The average molecular weight is 362 g/mol. The van der Waals surface area contributed by atoms with E-state index >= 15 is 0 Å². The SMILES string of the molecule is COc1ccccc1NC(=O)c1cc(C)nc(NCc2ccc(C)cc2)n1. The monoisotopic (exact) mass is 362 g/mol. The van der Waals surface area contributed by atoms with Gasteiger partial charge in [-0.1, -0.05) is 42.0 Å². The third-order valence-electron chi connectivity index (χ3n) is 4.01. The Morgan fingerprint density at radius 2 is 1.78 bits per heavy atom. The van der Waals surface area contributed by atoms with E-state index < -0.39 is 0 Å². The van der Waals surface area contributed by atoms with E-state index in [0.717, 1.165) is 5.56 Å². The van der Waals surface area contributed by atoms with Crippen LogP contribution in [0, 0.1) is 13.8 Å². The number of para-hydroxylation sites is 2. The number of anilines is 2. The van der Waals surface area contributed by atoms with Crippen molar-refractivity contribution < 1.29 is 9.53 Å². The van der Waals surface area contributed by atoms with E-state index in [4.69, 9.17) is 4.74 Å². The van der Waals surface area contributed by atoms with E-state index in [9.17, 15) is 4.79 Å². The maximum absolute atomic E-state index is 12.6. The summed E-state index contributed by atoms with van der Waals surface area (Å²) in [6, 6.07) is 17.1. The first-order valence-corrected chi connectivity index (χ1v) is 8.64. The van der Waals surface area contributed by atoms with Crippen molar-refractivity contribution in [2.24, 2.45) is 0 Å². The van der Waals surface area contributed by atoms with Gasteiger partial charge >= 0.3 is 0 Å². The quantitative estimate of drug-likeness (QED) is 0.694. The Kier molecular flexibility index (Phi) is 5.66. The summed E-state index contributed by atoms with van der Waals surface area (Å²) in [6.45, 7) is 4.46. The van der Waals surface area contributed by atoms with Crippen molar-refractivity contribution in [2.45, 2.75) is 20.4 Å². The smallest absolute Gasteiger partial charge is 0.274 e. The summed E-state index contributed by atoms with van der Waals surface area (Å²) in [5.74, 6) is 0.693. The topological polar surface area (TPSA) is 76.1 Å². The van der Waals surface area contributed by atoms with Gasteiger partial charge in [0.05, 0.1) is 12.8 Å². The molecule has 0 spiro atoms. The van der Waals surface area contributed by atoms with Crippen LogP contribution in [0.1, 0.15) is 27.3 Å². The number of carbonyl (C=O) groups excluding carboxylic acids is 1. The highest BCUT2D eigenvalue weighted by atomic mass is 16.5. The second-order valence-electron chi connectivity index (χ2n) is 6.21. The Morgan fingerprint density at radius 1 is 1.04 bits per heavy atom. The van der Waals surface area contributed by atoms with E-state index in [1.54, 1.807) is 25.3 Å². The fraction of sp³-hybridized carbons (Fsp3) is 0.190. The summed E-state index contributed by atoms with van der Waals surface area (Å²) in [5, 5.41) is 6.01. The summed E-state index contributed by atoms with van der Waals surface area (Å²) in [4.78, 5) is 21.3. The Labute approximate surface area is 158 Å². The highest BCUT2D eigenvalue weighted by molar-refractivity contribution is 6.03. The zero-order chi connectivity index (χ0) is 19.2. The predicted molar refractivity (Wildman–Crippen MR) is 106 cm³/mol. The van der Waals surface area contributed by atoms with Crippen LogP contribution in [-0.2, 0) is 6.54 Å². The van der Waals surface area contributed by atoms with Crippen LogP contribution in [0.5, 0.6) is 5.75 Å². The molecule has 6 nitrogen and oxygen atoms in total. The van der Waals surface area contributed by atoms with E-state index in [0.29, 0.717) is 35.3 Å². The molecule has 27 heavy (non-hydrogen) atoms. The van der Waals surface area contributed by atoms with E-state index in [2.05, 4.69) is 32.7 Å². The van der Waals surface area contributed by atoms with Gasteiger partial charge in [0.1, 0.15) is 11.4 Å². The van der Waals surface area contributed by atoms with Crippen LogP contribution in [0.4, 0.5) is 11.6 Å². The average Bonchev–Trinajstić information content (AvgIpc) is 2.67. The molecule has 0 saturated heterocycles. The summed E-state index contributed by atoms with van der Waals surface area (Å²) in [5.41, 5.74) is 3.92. The molecule has 3 rings (SSSR count). The number of ether oxygens (including phenoxy) is 1. The molecule has 0 aliphatic heterocycles. The molecule has 2 aromatic carbocycles. The molecule has 0 aliphatic rings. The van der Waals surface area contributed by atoms with Gasteiger partial charge in [0.2, 0.25) is 5.95 Å². The molecule has 138 valence electrons. The van der Waals surface area contributed by atoms with Crippen molar-refractivity contribution >= 4 is 17.5 Å². The van der Waals surface area contributed by atoms with Crippen molar-refractivity contribution in [2.75, 3.05) is 17.7 Å². The normalized spacial score (nSPS) is 10.3. The molecular weight excluding hydrogens is 340 g/mol. The second kappa shape index (κ2) is 8.31. The standard InChI is InChI=1S/C21H22N4O2/c1-14-8-10-16(11-9-14)13-22-21-23-15(2)12-18(25-21)20(26)24-17-6-4-5-7-19(17)27-3/h4-12H,13H2,1-3H3,(H,24,26)(H,22,23,25). The maximum Gasteiger partial charge on any atom is 0.274 e. The summed E-state index contributed by atoms with van der Waals surface area (Å²) < 4.78 is 5.27. The maximum atomic E-state index is 12.6. The van der Waals surface area contributed by atoms with Gasteiger partial charge < -0.3 is 15.4 Å². The van der Waals surface area contributed by atoms with Crippen molar-refractivity contribution in [3.63, 3.8) is 0 Å². The van der Waals surface area contributed by atoms with Gasteiger partial charge in [0.25, 0.3) is 5.91 Å². The number of hydrogen-bond acceptors (Lipinski definition) is 5. The largest absolute Gasteiger partial charge is 0.495 e. The Hall–Kier alpha value is -3.41. The van der Waals surface area contributed by atoms with Crippen LogP contribution in [-0.4, -0.2) is 23.0 Å². The summed E-state index contributed by atoms with van der Waals surface area (Å²) in [6.07, 6.45) is 0. The second-order valence-corrected chi connectivity index (χ2v) is 6.21. The first kappa shape index (κ1) is 18.4. The molecule has 2 N–H and O–H groups in total. The molecule has 0 aliphatic carbocycles. The highest BCUT2D eigenvalue weighted by Gasteiger charge is 2.13. The van der Waals surface area contributed by atoms with Gasteiger partial charge in [-0.25, -0.2) is 9.97 Å². The molecular formula is C21H22N4O2. The van der Waals surface area contributed by atoms with Crippen LogP contribution >= 0.6 is 0 Å². The lowest BCUT2D eigenvalue weighted by atomic mass is 10.1. The third-order valence-corrected chi connectivity index (χ3v) is 4.01. The van der Waals surface area contributed by atoms with Crippen molar-refractivity contribution in [3.05, 3.63) is 77.1 Å². The molecule has 0 atom stereocenters. The number of nitrogens with one attached hydrogen (secondary N) is 2. The van der Waals surface area contributed by atoms with E-state index in [1.165, 1.54) is 5.56 Å². The number of methoxy groups -OCH3 is 1. The Balaban J connectivity index is 1.74. The molecule has 0 saturated carbocycles. The van der Waals surface area contributed by atoms with Gasteiger partial charge in [-0.2, -0.15) is 0 Å². The van der Waals surface area contributed by atoms with Crippen LogP contribution in [0.25, 0.3) is 0 Å². The molecule has 0 bridgehead atoms. The minimum Gasteiger partial charge on any atom is -0.495 e. The van der Waals surface area contributed by atoms with E-state index in [-0.39, 0.29) is 5.91 Å². The number of hydrogen-bond donors (Lipinski definition) is 2. The molecule has 3 aromatic rings. The van der Waals surface area contributed by atoms with Gasteiger partial charge in [0.15, 0.2) is 0 Å². The number of amides is 1. The number of benzene rings is 2. The molecule has 0 fully saturated rings. The van der Waals surface area contributed by atoms with Crippen LogP contribution in [0.2, 0.25) is 0 Å². The van der Waals surface area contributed by atoms with Gasteiger partial charge in [0, 0.05) is 12.2 Å². The van der Waals surface area contributed by atoms with Crippen molar-refractivity contribution in [1.29, 1.82) is 0 Å². The zero-order valence-electron chi connectivity index (χ0n) is 15.6. The molecule has 0 radical (unpaired) electrons. The minimum absolute atomic E-state index is 0.291. The fourth-order valence-corrected chi connectivity index (χ4v) is 2.59. The fourth-order valence-electron chi connectivity index (χ4n) is 2.59. The number of aryl methyl sites for hydroxylation is 2. The number of nitrogens with zero attached hydrogens (tertiary/aromatic N) is 2. The van der Waals surface area contributed by atoms with Gasteiger partial charge in [-0.15, -0.1) is 0 Å². The van der Waals surface area contributed by atoms with E-state index in [1.807, 2.05) is 38.1 Å². The van der Waals surface area contributed by atoms with Crippen LogP contribution < -0.4 is 15.4 Å². The predicted octanol–water partition coefficient (Wildman–Crippen LogP) is 3.97. The summed E-state index contributed by atoms with van der Waals surface area (Å²) in [7, 11) is 1.56. The number of carbonyl (C=O) groups is 1. The lowest BCUT2D eigenvalue weighted by Gasteiger charge is -2.11. The lowest BCUT2D eigenvalue weighted by molar-refractivity contribution is 0.102. The number of aromatic nitrogens is 2. The number of rotatable bonds is 6. The molecule has 1 aromatic heterocycles. The third kappa shape index (κ3) is 4.82. The van der Waals surface area contributed by atoms with Crippen LogP contribution in [0.15, 0.2) is 54.6 Å². The van der Waals surface area contributed by atoms with Crippen LogP contribution in [0.3, 0.4) is 0 Å². The first-order chi connectivity index (χ1) is 13.0.